The summed E-state index contributed by atoms with van der Waals surface area (Å²) in [6.45, 7) is 0.270. The first-order chi connectivity index (χ1) is 12.6. The van der Waals surface area contributed by atoms with Crippen LogP contribution in [0.5, 0.6) is 0 Å². The molecule has 0 atom stereocenters. The number of aromatic nitrogens is 2. The van der Waals surface area contributed by atoms with Gasteiger partial charge in [-0.2, -0.15) is 4.98 Å². The Bertz CT molecular complexity index is 870. The van der Waals surface area contributed by atoms with Gasteiger partial charge in [-0.1, -0.05) is 47.1 Å². The largest absolute Gasteiger partial charge is 0.337 e. The van der Waals surface area contributed by atoms with Crippen LogP contribution in [-0.2, 0) is 11.3 Å². The van der Waals surface area contributed by atoms with Gasteiger partial charge in [0.25, 0.3) is 0 Å². The molecule has 1 aromatic heterocycles. The molecule has 3 rings (SSSR count). The highest BCUT2D eigenvalue weighted by Crippen LogP contribution is 2.25. The summed E-state index contributed by atoms with van der Waals surface area (Å²) in [6, 6.07) is 17.3. The van der Waals surface area contributed by atoms with E-state index in [-0.39, 0.29) is 12.5 Å². The van der Waals surface area contributed by atoms with Gasteiger partial charge >= 0.3 is 0 Å². The summed E-state index contributed by atoms with van der Waals surface area (Å²) in [5.74, 6) is 1.56. The number of carbonyl (C=O) groups excluding carboxylic acids is 1. The maximum atomic E-state index is 12.3. The first-order valence-corrected chi connectivity index (χ1v) is 9.49. The van der Waals surface area contributed by atoms with Crippen LogP contribution in [-0.4, -0.2) is 33.7 Å². The molecule has 3 aromatic rings. The van der Waals surface area contributed by atoms with E-state index >= 15 is 0 Å². The van der Waals surface area contributed by atoms with Gasteiger partial charge in [-0.15, -0.1) is 11.8 Å². The number of hydrogen-bond acceptors (Lipinski definition) is 5. The average molecular weight is 388 g/mol. The van der Waals surface area contributed by atoms with Crippen molar-refractivity contribution in [2.75, 3.05) is 12.8 Å². The topological polar surface area (TPSA) is 59.2 Å². The lowest BCUT2D eigenvalue weighted by atomic mass is 10.2. The second kappa shape index (κ2) is 8.87. The Hall–Kier alpha value is -2.31. The number of carbonyl (C=O) groups is 1. The molecule has 0 bridgehead atoms. The Morgan fingerprint density at radius 3 is 2.65 bits per heavy atom. The molecule has 1 amide bonds. The third kappa shape index (κ3) is 4.86. The van der Waals surface area contributed by atoms with Crippen LogP contribution in [0.4, 0.5) is 0 Å². The minimum Gasteiger partial charge on any atom is -0.337 e. The Morgan fingerprint density at radius 2 is 1.88 bits per heavy atom. The van der Waals surface area contributed by atoms with Gasteiger partial charge in [-0.3, -0.25) is 4.79 Å². The molecule has 0 aliphatic rings. The highest BCUT2D eigenvalue weighted by molar-refractivity contribution is 7.99. The number of thioether (sulfide) groups is 1. The molecule has 134 valence electrons. The fourth-order valence-electron chi connectivity index (χ4n) is 2.33. The number of hydrogen-bond donors (Lipinski definition) is 0. The molecular formula is C19H18ClN3O2S. The Labute approximate surface area is 161 Å². The molecule has 0 fully saturated rings. The highest BCUT2D eigenvalue weighted by atomic mass is 35.5. The first kappa shape index (κ1) is 18.5. The van der Waals surface area contributed by atoms with E-state index in [0.717, 1.165) is 10.6 Å². The van der Waals surface area contributed by atoms with Gasteiger partial charge in [0.05, 0.1) is 11.6 Å². The lowest BCUT2D eigenvalue weighted by molar-refractivity contribution is -0.130. The van der Waals surface area contributed by atoms with Crippen molar-refractivity contribution < 1.29 is 9.32 Å². The van der Waals surface area contributed by atoms with Gasteiger partial charge in [0, 0.05) is 29.7 Å². The summed E-state index contributed by atoms with van der Waals surface area (Å²) in [6.07, 6.45) is 0.446. The van der Waals surface area contributed by atoms with Crippen LogP contribution in [0, 0.1) is 0 Å². The zero-order valence-corrected chi connectivity index (χ0v) is 15.8. The quantitative estimate of drug-likeness (QED) is 0.557. The lowest BCUT2D eigenvalue weighted by Crippen LogP contribution is -2.26. The van der Waals surface area contributed by atoms with E-state index in [1.54, 1.807) is 29.8 Å². The van der Waals surface area contributed by atoms with E-state index in [1.165, 1.54) is 0 Å². The SMILES string of the molecule is CN(Cc1nc(-c2ccccc2Cl)no1)C(=O)CCSc1ccccc1. The summed E-state index contributed by atoms with van der Waals surface area (Å²) in [5, 5.41) is 4.51. The van der Waals surface area contributed by atoms with E-state index in [4.69, 9.17) is 16.1 Å². The van der Waals surface area contributed by atoms with Gasteiger partial charge < -0.3 is 9.42 Å². The van der Waals surface area contributed by atoms with Gasteiger partial charge in [0.1, 0.15) is 0 Å². The fraction of sp³-hybridized carbons (Fsp3) is 0.211. The fourth-order valence-corrected chi connectivity index (χ4v) is 3.41. The zero-order chi connectivity index (χ0) is 18.4. The highest BCUT2D eigenvalue weighted by Gasteiger charge is 2.15. The van der Waals surface area contributed by atoms with Crippen LogP contribution in [0.1, 0.15) is 12.3 Å². The molecule has 26 heavy (non-hydrogen) atoms. The van der Waals surface area contributed by atoms with Crippen molar-refractivity contribution in [2.24, 2.45) is 0 Å². The minimum atomic E-state index is 0.0333. The van der Waals surface area contributed by atoms with Crippen molar-refractivity contribution in [1.29, 1.82) is 0 Å². The van der Waals surface area contributed by atoms with Crippen LogP contribution in [0.25, 0.3) is 11.4 Å². The van der Waals surface area contributed by atoms with E-state index in [0.29, 0.717) is 28.7 Å². The number of halogens is 1. The van der Waals surface area contributed by atoms with Crippen LogP contribution in [0.2, 0.25) is 5.02 Å². The van der Waals surface area contributed by atoms with Gasteiger partial charge in [0.2, 0.25) is 17.6 Å². The molecular weight excluding hydrogens is 370 g/mol. The summed E-state index contributed by atoms with van der Waals surface area (Å²) in [4.78, 5) is 19.3. The summed E-state index contributed by atoms with van der Waals surface area (Å²) in [5.41, 5.74) is 0.706. The van der Waals surface area contributed by atoms with Crippen molar-refractivity contribution in [3.05, 3.63) is 65.5 Å². The Balaban J connectivity index is 1.52. The second-order valence-corrected chi connectivity index (χ2v) is 7.23. The Morgan fingerprint density at radius 1 is 1.15 bits per heavy atom. The van der Waals surface area contributed by atoms with Crippen molar-refractivity contribution in [3.8, 4) is 11.4 Å². The standard InChI is InChI=1S/C19H18ClN3O2S/c1-23(18(24)11-12-26-14-7-3-2-4-8-14)13-17-21-19(22-25-17)15-9-5-6-10-16(15)20/h2-10H,11-13H2,1H3. The van der Waals surface area contributed by atoms with Crippen LogP contribution in [0.3, 0.4) is 0 Å². The van der Waals surface area contributed by atoms with Crippen molar-refractivity contribution >= 4 is 29.3 Å². The third-order valence-electron chi connectivity index (χ3n) is 3.71. The predicted molar refractivity (Wildman–Crippen MR) is 103 cm³/mol. The molecule has 2 aromatic carbocycles. The smallest absolute Gasteiger partial charge is 0.246 e. The third-order valence-corrected chi connectivity index (χ3v) is 5.05. The molecule has 5 nitrogen and oxygen atoms in total. The van der Waals surface area contributed by atoms with E-state index in [1.807, 2.05) is 48.5 Å². The number of benzene rings is 2. The van der Waals surface area contributed by atoms with Gasteiger partial charge in [0.15, 0.2) is 0 Å². The van der Waals surface area contributed by atoms with Crippen LogP contribution >= 0.6 is 23.4 Å². The second-order valence-electron chi connectivity index (χ2n) is 5.65. The molecule has 0 unspecified atom stereocenters. The Kier molecular flexibility index (Phi) is 6.30. The normalized spacial score (nSPS) is 10.7. The maximum absolute atomic E-state index is 12.3. The van der Waals surface area contributed by atoms with Gasteiger partial charge in [-0.25, -0.2) is 0 Å². The molecule has 7 heteroatoms. The molecule has 0 spiro atoms. The summed E-state index contributed by atoms with van der Waals surface area (Å²) < 4.78 is 5.25. The first-order valence-electron chi connectivity index (χ1n) is 8.13. The molecule has 0 saturated carbocycles. The summed E-state index contributed by atoms with van der Waals surface area (Å²) in [7, 11) is 1.73. The number of nitrogens with zero attached hydrogens (tertiary/aromatic N) is 3. The lowest BCUT2D eigenvalue weighted by Gasteiger charge is -2.14. The minimum absolute atomic E-state index is 0.0333. The molecule has 1 heterocycles. The summed E-state index contributed by atoms with van der Waals surface area (Å²) >= 11 is 7.81. The number of rotatable bonds is 7. The van der Waals surface area contributed by atoms with E-state index in [2.05, 4.69) is 10.1 Å². The predicted octanol–water partition coefficient (Wildman–Crippen LogP) is 4.53. The average Bonchev–Trinajstić information content (AvgIpc) is 3.11. The molecule has 0 aliphatic carbocycles. The zero-order valence-electron chi connectivity index (χ0n) is 14.3. The number of amides is 1. The van der Waals surface area contributed by atoms with Crippen molar-refractivity contribution in [3.63, 3.8) is 0 Å². The molecule has 0 radical (unpaired) electrons. The van der Waals surface area contributed by atoms with Crippen LogP contribution in [0.15, 0.2) is 64.0 Å². The van der Waals surface area contributed by atoms with E-state index in [9.17, 15) is 4.79 Å². The van der Waals surface area contributed by atoms with Crippen LogP contribution < -0.4 is 0 Å². The maximum Gasteiger partial charge on any atom is 0.246 e. The van der Waals surface area contributed by atoms with E-state index < -0.39 is 0 Å². The molecule has 0 saturated heterocycles. The molecule has 0 aliphatic heterocycles. The molecule has 0 N–H and O–H groups in total. The van der Waals surface area contributed by atoms with Crippen molar-refractivity contribution in [2.45, 2.75) is 17.9 Å². The van der Waals surface area contributed by atoms with Gasteiger partial charge in [-0.05, 0) is 24.3 Å². The van der Waals surface area contributed by atoms with Crippen molar-refractivity contribution in [1.82, 2.24) is 15.0 Å². The monoisotopic (exact) mass is 387 g/mol.